The van der Waals surface area contributed by atoms with Crippen LogP contribution in [0.4, 0.5) is 5.69 Å². The topological polar surface area (TPSA) is 97.3 Å². The molecule has 0 unspecified atom stereocenters. The van der Waals surface area contributed by atoms with Crippen LogP contribution in [0, 0.1) is 6.92 Å². The molecule has 2 aromatic carbocycles. The lowest BCUT2D eigenvalue weighted by Crippen LogP contribution is -2.34. The molecule has 3 heterocycles. The summed E-state index contributed by atoms with van der Waals surface area (Å²) in [5, 5.41) is 19.9. The van der Waals surface area contributed by atoms with Crippen molar-refractivity contribution < 1.29 is 9.21 Å². The van der Waals surface area contributed by atoms with Gasteiger partial charge >= 0.3 is 0 Å². The highest BCUT2D eigenvalue weighted by atomic mass is 35.5. The molecule has 0 fully saturated rings. The summed E-state index contributed by atoms with van der Waals surface area (Å²) in [6.07, 6.45) is 0. The van der Waals surface area contributed by atoms with Crippen LogP contribution in [0.15, 0.2) is 65.1 Å². The zero-order valence-corrected chi connectivity index (χ0v) is 19.5. The maximum atomic E-state index is 12.6. The van der Waals surface area contributed by atoms with Crippen molar-refractivity contribution >= 4 is 56.8 Å². The van der Waals surface area contributed by atoms with E-state index < -0.39 is 5.91 Å². The Kier molecular flexibility index (Phi) is 5.63. The molecular weight excluding hydrogens is 480 g/mol. The number of anilines is 1. The fraction of sp³-hybridized carbons (Fsp3) is 0.0455. The molecule has 0 aliphatic heterocycles. The smallest absolute Gasteiger partial charge is 0.293 e. The molecule has 0 bridgehead atoms. The molecule has 0 aliphatic carbocycles. The molecule has 1 amide bonds. The van der Waals surface area contributed by atoms with E-state index >= 15 is 0 Å². The fourth-order valence-electron chi connectivity index (χ4n) is 3.18. The third kappa shape index (κ3) is 4.36. The van der Waals surface area contributed by atoms with Crippen molar-refractivity contribution in [2.75, 3.05) is 5.32 Å². The van der Waals surface area contributed by atoms with E-state index in [1.807, 2.05) is 43.3 Å². The number of fused-ring (bicyclic) bond motifs is 1. The molecule has 5 rings (SSSR count). The molecule has 164 valence electrons. The summed E-state index contributed by atoms with van der Waals surface area (Å²) in [5.74, 6) is 0.904. The van der Waals surface area contributed by atoms with Gasteiger partial charge in [0.1, 0.15) is 10.8 Å². The number of aromatic nitrogens is 4. The van der Waals surface area contributed by atoms with E-state index in [0.717, 1.165) is 16.1 Å². The van der Waals surface area contributed by atoms with Crippen molar-refractivity contribution in [1.82, 2.24) is 25.1 Å². The Morgan fingerprint density at radius 1 is 1.12 bits per heavy atom. The van der Waals surface area contributed by atoms with Crippen molar-refractivity contribution in [3.8, 4) is 21.9 Å². The zero-order chi connectivity index (χ0) is 22.9. The largest absolute Gasteiger partial charge is 0.451 e. The minimum absolute atomic E-state index is 0.131. The summed E-state index contributed by atoms with van der Waals surface area (Å²) >= 11 is 12.8. The zero-order valence-electron chi connectivity index (χ0n) is 17.1. The first kappa shape index (κ1) is 21.3. The average Bonchev–Trinajstić information content (AvgIpc) is 3.52. The first-order valence-electron chi connectivity index (χ1n) is 9.74. The van der Waals surface area contributed by atoms with Crippen LogP contribution in [0.25, 0.3) is 26.9 Å². The monoisotopic (exact) mass is 494 g/mol. The molecule has 0 aliphatic rings. The number of halogens is 1. The SMILES string of the molecule is Cc1nnc2sc(-c3ccccc3NC(=S)NC(=O)c3ccc(-c4cccc(Cl)c4)o3)nn12. The van der Waals surface area contributed by atoms with Gasteiger partial charge < -0.3 is 9.73 Å². The van der Waals surface area contributed by atoms with Gasteiger partial charge in [-0.25, -0.2) is 0 Å². The second-order valence-corrected chi connectivity index (χ2v) is 8.78. The minimum atomic E-state index is -0.465. The fourth-order valence-corrected chi connectivity index (χ4v) is 4.49. The number of carbonyl (C=O) groups excluding carboxylic acids is 1. The molecule has 0 saturated carbocycles. The summed E-state index contributed by atoms with van der Waals surface area (Å²) in [7, 11) is 0. The number of carbonyl (C=O) groups is 1. The molecule has 8 nitrogen and oxygen atoms in total. The molecular formula is C22H15ClN6O2S2. The van der Waals surface area contributed by atoms with Crippen LogP contribution in [0.3, 0.4) is 0 Å². The first-order valence-corrected chi connectivity index (χ1v) is 11.3. The Labute approximate surface area is 202 Å². The molecule has 0 saturated heterocycles. The van der Waals surface area contributed by atoms with E-state index in [-0.39, 0.29) is 10.9 Å². The number of hydrogen-bond donors (Lipinski definition) is 2. The molecule has 33 heavy (non-hydrogen) atoms. The number of amides is 1. The number of thiocarbonyl (C=S) groups is 1. The molecule has 3 aromatic heterocycles. The second kappa shape index (κ2) is 8.74. The second-order valence-electron chi connectivity index (χ2n) is 6.98. The van der Waals surface area contributed by atoms with Crippen LogP contribution < -0.4 is 10.6 Å². The number of para-hydroxylation sites is 1. The average molecular weight is 495 g/mol. The first-order chi connectivity index (χ1) is 16.0. The van der Waals surface area contributed by atoms with Crippen molar-refractivity contribution in [1.29, 1.82) is 0 Å². The standard InChI is InChI=1S/C22H15ClN6O2S2/c1-12-26-27-22-29(12)28-20(33-22)15-7-2-3-8-16(15)24-21(32)25-19(30)18-10-9-17(31-18)13-5-4-6-14(23)11-13/h2-11H,1H3,(H2,24,25,30,32). The summed E-state index contributed by atoms with van der Waals surface area (Å²) in [5.41, 5.74) is 2.30. The molecule has 0 spiro atoms. The third-order valence-electron chi connectivity index (χ3n) is 4.72. The highest BCUT2D eigenvalue weighted by Crippen LogP contribution is 2.31. The van der Waals surface area contributed by atoms with E-state index in [2.05, 4.69) is 25.9 Å². The summed E-state index contributed by atoms with van der Waals surface area (Å²) in [6.45, 7) is 1.84. The lowest BCUT2D eigenvalue weighted by Gasteiger charge is -2.11. The van der Waals surface area contributed by atoms with Crippen LogP contribution in [0.5, 0.6) is 0 Å². The van der Waals surface area contributed by atoms with Gasteiger partial charge in [0.15, 0.2) is 16.7 Å². The quantitative estimate of drug-likeness (QED) is 0.331. The Hall–Kier alpha value is -3.60. The predicted molar refractivity (Wildman–Crippen MR) is 132 cm³/mol. The number of hydrogen-bond acceptors (Lipinski definition) is 7. The Balaban J connectivity index is 1.31. The summed E-state index contributed by atoms with van der Waals surface area (Å²) in [4.78, 5) is 13.3. The van der Waals surface area contributed by atoms with Crippen molar-refractivity contribution in [2.24, 2.45) is 0 Å². The Morgan fingerprint density at radius 3 is 2.79 bits per heavy atom. The van der Waals surface area contributed by atoms with Crippen molar-refractivity contribution in [3.05, 3.63) is 77.3 Å². The third-order valence-corrected chi connectivity index (χ3v) is 6.09. The van der Waals surface area contributed by atoms with E-state index in [1.54, 1.807) is 28.8 Å². The Morgan fingerprint density at radius 2 is 1.97 bits per heavy atom. The van der Waals surface area contributed by atoms with Crippen LogP contribution >= 0.6 is 35.2 Å². The van der Waals surface area contributed by atoms with Crippen molar-refractivity contribution in [3.63, 3.8) is 0 Å². The highest BCUT2D eigenvalue weighted by Gasteiger charge is 2.17. The van der Waals surface area contributed by atoms with E-state index in [9.17, 15) is 4.79 Å². The van der Waals surface area contributed by atoms with Crippen molar-refractivity contribution in [2.45, 2.75) is 6.92 Å². The lowest BCUT2D eigenvalue weighted by atomic mass is 10.2. The molecule has 0 radical (unpaired) electrons. The number of furan rings is 1. The maximum Gasteiger partial charge on any atom is 0.293 e. The van der Waals surface area contributed by atoms with Gasteiger partial charge in [-0.05, 0) is 55.5 Å². The van der Waals surface area contributed by atoms with Gasteiger partial charge in [0.2, 0.25) is 4.96 Å². The van der Waals surface area contributed by atoms with E-state index in [1.165, 1.54) is 11.3 Å². The van der Waals surface area contributed by atoms with Crippen LogP contribution in [-0.4, -0.2) is 30.8 Å². The molecule has 2 N–H and O–H groups in total. The molecule has 11 heteroatoms. The van der Waals surface area contributed by atoms with Crippen LogP contribution in [0.2, 0.25) is 5.02 Å². The van der Waals surface area contributed by atoms with E-state index in [4.69, 9.17) is 28.2 Å². The summed E-state index contributed by atoms with van der Waals surface area (Å²) in [6, 6.07) is 18.0. The van der Waals surface area contributed by atoms with Crippen LogP contribution in [-0.2, 0) is 0 Å². The number of rotatable bonds is 4. The van der Waals surface area contributed by atoms with Gasteiger partial charge in [-0.3, -0.25) is 10.1 Å². The number of nitrogens with zero attached hydrogens (tertiary/aromatic N) is 4. The number of benzene rings is 2. The maximum absolute atomic E-state index is 12.6. The minimum Gasteiger partial charge on any atom is -0.451 e. The normalized spacial score (nSPS) is 11.0. The number of aryl methyl sites for hydroxylation is 1. The van der Waals surface area contributed by atoms with Gasteiger partial charge in [-0.1, -0.05) is 47.2 Å². The van der Waals surface area contributed by atoms with Gasteiger partial charge in [-0.15, -0.1) is 10.2 Å². The molecule has 0 atom stereocenters. The Bertz CT molecular complexity index is 1510. The molecule has 5 aromatic rings. The predicted octanol–water partition coefficient (Wildman–Crippen LogP) is 5.20. The van der Waals surface area contributed by atoms with Gasteiger partial charge in [0.05, 0.1) is 5.69 Å². The van der Waals surface area contributed by atoms with Gasteiger partial charge in [-0.2, -0.15) is 9.61 Å². The van der Waals surface area contributed by atoms with E-state index in [0.29, 0.717) is 27.3 Å². The summed E-state index contributed by atoms with van der Waals surface area (Å²) < 4.78 is 7.37. The highest BCUT2D eigenvalue weighted by molar-refractivity contribution is 7.80. The van der Waals surface area contributed by atoms with Gasteiger partial charge in [0, 0.05) is 16.1 Å². The van der Waals surface area contributed by atoms with Crippen LogP contribution in [0.1, 0.15) is 16.4 Å². The number of nitrogens with one attached hydrogen (secondary N) is 2. The lowest BCUT2D eigenvalue weighted by molar-refractivity contribution is 0.0951. The van der Waals surface area contributed by atoms with Gasteiger partial charge in [0.25, 0.3) is 5.91 Å².